The predicted octanol–water partition coefficient (Wildman–Crippen LogP) is 12.6. The Morgan fingerprint density at radius 2 is 1.18 bits per heavy atom. The Hall–Kier alpha value is -6.92. The highest BCUT2D eigenvalue weighted by Crippen LogP contribution is 2.57. The molecule has 1 saturated carbocycles. The first-order valence-corrected chi connectivity index (χ1v) is 21.3. The zero-order valence-corrected chi connectivity index (χ0v) is 33.6. The van der Waals surface area contributed by atoms with E-state index >= 15 is 0 Å². The third-order valence-corrected chi connectivity index (χ3v) is 14.3. The van der Waals surface area contributed by atoms with Crippen molar-refractivity contribution in [1.29, 1.82) is 0 Å². The lowest BCUT2D eigenvalue weighted by Crippen LogP contribution is -2.60. The van der Waals surface area contributed by atoms with Crippen LogP contribution in [0.1, 0.15) is 45.1 Å². The van der Waals surface area contributed by atoms with Gasteiger partial charge in [-0.3, -0.25) is 4.90 Å². The molecule has 7 aromatic carbocycles. The molecule has 0 saturated heterocycles. The molecule has 6 heteroatoms. The average molecular weight is 777 g/mol. The van der Waals surface area contributed by atoms with Gasteiger partial charge in [-0.2, -0.15) is 0 Å². The normalized spacial score (nSPS) is 19.7. The van der Waals surface area contributed by atoms with E-state index in [-0.39, 0.29) is 17.7 Å². The molecule has 2 unspecified atom stereocenters. The van der Waals surface area contributed by atoms with E-state index in [1.807, 2.05) is 0 Å². The number of rotatable bonds is 4. The molecule has 0 bridgehead atoms. The van der Waals surface area contributed by atoms with Crippen LogP contribution in [0.25, 0.3) is 44.2 Å². The largest absolute Gasteiger partial charge is 0.486 e. The predicted molar refractivity (Wildman–Crippen MR) is 246 cm³/mol. The van der Waals surface area contributed by atoms with Crippen LogP contribution in [0.3, 0.4) is 0 Å². The van der Waals surface area contributed by atoms with Gasteiger partial charge in [0.15, 0.2) is 0 Å². The maximum atomic E-state index is 7.23. The Balaban J connectivity index is 1.05. The van der Waals surface area contributed by atoms with Gasteiger partial charge in [-0.1, -0.05) is 110 Å². The molecule has 60 heavy (non-hydrogen) atoms. The number of fused-ring (bicyclic) bond motifs is 11. The summed E-state index contributed by atoms with van der Waals surface area (Å²) in [6.45, 7) is 4.52. The summed E-state index contributed by atoms with van der Waals surface area (Å²) in [4.78, 5) is 4.75. The topological polar surface area (TPSA) is 42.0 Å². The Morgan fingerprint density at radius 1 is 0.517 bits per heavy atom. The van der Waals surface area contributed by atoms with Crippen molar-refractivity contribution in [2.24, 2.45) is 0 Å². The maximum Gasteiger partial charge on any atom is 0.302 e. The summed E-state index contributed by atoms with van der Waals surface area (Å²) in [6.07, 6.45) is 4.68. The highest BCUT2D eigenvalue weighted by atomic mass is 16.5. The van der Waals surface area contributed by atoms with E-state index in [1.54, 1.807) is 0 Å². The molecule has 0 N–H and O–H groups in total. The van der Waals surface area contributed by atoms with Crippen molar-refractivity contribution < 1.29 is 13.6 Å². The fourth-order valence-corrected chi connectivity index (χ4v) is 11.2. The van der Waals surface area contributed by atoms with Gasteiger partial charge in [0, 0.05) is 50.0 Å². The molecular formula is C54H41BN2O3. The van der Waals surface area contributed by atoms with Crippen LogP contribution in [0.5, 0.6) is 5.75 Å². The molecule has 0 spiro atoms. The van der Waals surface area contributed by atoms with Crippen LogP contribution in [-0.4, -0.2) is 12.3 Å². The lowest BCUT2D eigenvalue weighted by Gasteiger charge is -2.43. The second-order valence-corrected chi connectivity index (χ2v) is 17.5. The minimum atomic E-state index is -0.213. The van der Waals surface area contributed by atoms with Crippen LogP contribution in [0, 0.1) is 0 Å². The van der Waals surface area contributed by atoms with Crippen molar-refractivity contribution in [1.82, 2.24) is 0 Å². The molecule has 5 heterocycles. The van der Waals surface area contributed by atoms with E-state index in [4.69, 9.17) is 13.6 Å². The van der Waals surface area contributed by atoms with Gasteiger partial charge in [0.25, 0.3) is 0 Å². The lowest BCUT2D eigenvalue weighted by atomic mass is 9.35. The van der Waals surface area contributed by atoms with E-state index in [1.165, 1.54) is 35.0 Å². The second-order valence-electron chi connectivity index (χ2n) is 17.5. The van der Waals surface area contributed by atoms with Gasteiger partial charge < -0.3 is 18.5 Å². The summed E-state index contributed by atoms with van der Waals surface area (Å²) in [6, 6.07) is 58.9. The molecule has 9 aromatic rings. The fourth-order valence-electron chi connectivity index (χ4n) is 11.2. The average Bonchev–Trinajstić information content (AvgIpc) is 3.94. The number of anilines is 6. The summed E-state index contributed by atoms with van der Waals surface area (Å²) in [5.41, 5.74) is 16.2. The van der Waals surface area contributed by atoms with Gasteiger partial charge >= 0.3 is 6.71 Å². The minimum absolute atomic E-state index is 0.0101. The Bertz CT molecular complexity index is 3210. The molecule has 1 aliphatic carbocycles. The van der Waals surface area contributed by atoms with Crippen LogP contribution in [0.2, 0.25) is 0 Å². The van der Waals surface area contributed by atoms with Crippen LogP contribution >= 0.6 is 0 Å². The van der Waals surface area contributed by atoms with Gasteiger partial charge in [-0.25, -0.2) is 0 Å². The van der Waals surface area contributed by atoms with Crippen molar-refractivity contribution in [2.45, 2.75) is 50.5 Å². The van der Waals surface area contributed by atoms with E-state index in [9.17, 15) is 0 Å². The van der Waals surface area contributed by atoms with E-state index in [0.717, 1.165) is 97.1 Å². The molecule has 0 amide bonds. The monoisotopic (exact) mass is 776 g/mol. The molecule has 2 aromatic heterocycles. The standard InChI is InChI=1S/C54H41BN2O3/c1-53-29-11-12-30-54(53,2)60-47-28-26-37(33-42(47)53)36-25-27-46-41(32-36)50-51(58-46)55-48-40-21-9-10-24-45(40)59-52(48)57(39-20-13-17-35(31-39)34-15-5-3-6-16-34)44-23-14-22-43(49(44)55)56(50)38-18-7-4-8-19-38/h3-10,13-28,31-33H,11-12,29-30H2,1-2H3. The zero-order chi connectivity index (χ0) is 39.7. The van der Waals surface area contributed by atoms with Gasteiger partial charge in [0.05, 0.1) is 11.3 Å². The first-order valence-electron chi connectivity index (χ1n) is 21.3. The van der Waals surface area contributed by atoms with Gasteiger partial charge in [-0.05, 0) is 121 Å². The molecule has 0 radical (unpaired) electrons. The summed E-state index contributed by atoms with van der Waals surface area (Å²) in [5, 5.41) is 2.17. The van der Waals surface area contributed by atoms with Gasteiger partial charge in [0.1, 0.15) is 22.5 Å². The summed E-state index contributed by atoms with van der Waals surface area (Å²) < 4.78 is 21.0. The summed E-state index contributed by atoms with van der Waals surface area (Å²) in [5.74, 6) is 1.86. The van der Waals surface area contributed by atoms with Crippen molar-refractivity contribution in [3.63, 3.8) is 0 Å². The van der Waals surface area contributed by atoms with Crippen molar-refractivity contribution in [3.8, 4) is 28.0 Å². The number of para-hydroxylation sites is 2. The van der Waals surface area contributed by atoms with Gasteiger partial charge in [0.2, 0.25) is 5.88 Å². The number of nitrogens with zero attached hydrogens (tertiary/aromatic N) is 2. The first-order chi connectivity index (χ1) is 29.5. The third kappa shape index (κ3) is 4.59. The number of hydrogen-bond donors (Lipinski definition) is 0. The lowest BCUT2D eigenvalue weighted by molar-refractivity contribution is 0.00740. The van der Waals surface area contributed by atoms with Crippen molar-refractivity contribution in [3.05, 3.63) is 169 Å². The molecule has 4 aliphatic rings. The molecule has 13 rings (SSSR count). The van der Waals surface area contributed by atoms with Gasteiger partial charge in [-0.15, -0.1) is 0 Å². The Morgan fingerprint density at radius 3 is 2.05 bits per heavy atom. The van der Waals surface area contributed by atoms with Crippen LogP contribution < -0.4 is 31.1 Å². The third-order valence-electron chi connectivity index (χ3n) is 14.3. The molecule has 1 fully saturated rings. The first kappa shape index (κ1) is 34.0. The van der Waals surface area contributed by atoms with Crippen LogP contribution in [0.15, 0.2) is 173 Å². The van der Waals surface area contributed by atoms with E-state index < -0.39 is 0 Å². The molecule has 2 atom stereocenters. The highest BCUT2D eigenvalue weighted by molar-refractivity contribution is 7.01. The van der Waals surface area contributed by atoms with Crippen LogP contribution in [-0.2, 0) is 5.41 Å². The highest BCUT2D eigenvalue weighted by Gasteiger charge is 2.55. The zero-order valence-electron chi connectivity index (χ0n) is 33.6. The van der Waals surface area contributed by atoms with E-state index in [2.05, 4.69) is 187 Å². The SMILES string of the molecule is CC12CCCCC1(C)c1cc(-c3ccc4oc5c(c4c3)N(c3ccccc3)c3cccc4c3B5c3c(oc5ccccc35)N4c3cccc(-c4ccccc4)c3)ccc1O2. The van der Waals surface area contributed by atoms with E-state index in [0.29, 0.717) is 0 Å². The Kier molecular flexibility index (Phi) is 6.97. The quantitative estimate of drug-likeness (QED) is 0.167. The smallest absolute Gasteiger partial charge is 0.302 e. The second kappa shape index (κ2) is 12.3. The summed E-state index contributed by atoms with van der Waals surface area (Å²) in [7, 11) is 0. The minimum Gasteiger partial charge on any atom is -0.486 e. The number of hydrogen-bond acceptors (Lipinski definition) is 5. The number of ether oxygens (including phenoxy) is 1. The molecule has 3 aliphatic heterocycles. The van der Waals surface area contributed by atoms with Crippen molar-refractivity contribution >= 4 is 79.6 Å². The maximum absolute atomic E-state index is 7.23. The number of benzene rings is 7. The summed E-state index contributed by atoms with van der Waals surface area (Å²) >= 11 is 0. The molecule has 5 nitrogen and oxygen atoms in total. The Labute approximate surface area is 349 Å². The van der Waals surface area contributed by atoms with Crippen molar-refractivity contribution in [2.75, 3.05) is 9.80 Å². The van der Waals surface area contributed by atoms with Crippen LogP contribution in [0.4, 0.5) is 34.3 Å². The fraction of sp³-hybridized carbons (Fsp3) is 0.148. The molecule has 288 valence electrons. The molecular weight excluding hydrogens is 735 g/mol. The number of furan rings is 2.